The third-order valence-corrected chi connectivity index (χ3v) is 2.95. The number of nitrogens with one attached hydrogen (secondary N) is 1. The number of ether oxygens (including phenoxy) is 1. The first-order valence-corrected chi connectivity index (χ1v) is 6.55. The molecule has 1 unspecified atom stereocenters. The Morgan fingerprint density at radius 1 is 1.39 bits per heavy atom. The smallest absolute Gasteiger partial charge is 0.237 e. The van der Waals surface area contributed by atoms with Gasteiger partial charge in [-0.1, -0.05) is 11.4 Å². The average molecular weight is 265 g/mol. The number of hydrogen-bond donors (Lipinski definition) is 1. The molecular formula is C11H15N5OS. The summed E-state index contributed by atoms with van der Waals surface area (Å²) in [6.45, 7) is 2.97. The van der Waals surface area contributed by atoms with E-state index < -0.39 is 0 Å². The molecule has 1 atom stereocenters. The van der Waals surface area contributed by atoms with Crippen LogP contribution >= 0.6 is 11.5 Å². The van der Waals surface area contributed by atoms with Crippen LogP contribution in [0, 0.1) is 0 Å². The first kappa shape index (κ1) is 12.8. The van der Waals surface area contributed by atoms with Crippen LogP contribution in [-0.4, -0.2) is 33.2 Å². The highest BCUT2D eigenvalue weighted by Gasteiger charge is 2.22. The summed E-state index contributed by atoms with van der Waals surface area (Å²) >= 11 is 1.32. The van der Waals surface area contributed by atoms with Gasteiger partial charge in [-0.15, -0.1) is 5.10 Å². The number of methoxy groups -OCH3 is 1. The summed E-state index contributed by atoms with van der Waals surface area (Å²) in [7, 11) is 1.59. The van der Waals surface area contributed by atoms with Gasteiger partial charge in [0.15, 0.2) is 0 Å². The predicted octanol–water partition coefficient (Wildman–Crippen LogP) is 1.43. The lowest BCUT2D eigenvalue weighted by Gasteiger charge is -2.16. The van der Waals surface area contributed by atoms with Gasteiger partial charge in [0.05, 0.1) is 12.8 Å². The Morgan fingerprint density at radius 3 is 2.89 bits per heavy atom. The summed E-state index contributed by atoms with van der Waals surface area (Å²) in [5.41, 5.74) is 1.58. The van der Waals surface area contributed by atoms with Crippen LogP contribution in [-0.2, 0) is 0 Å². The lowest BCUT2D eigenvalue weighted by molar-refractivity contribution is 0.381. The molecule has 6 nitrogen and oxygen atoms in total. The molecule has 0 aliphatic heterocycles. The number of rotatable bonds is 6. The van der Waals surface area contributed by atoms with Gasteiger partial charge in [0, 0.05) is 17.8 Å². The largest absolute Gasteiger partial charge is 0.480 e. The Kier molecular flexibility index (Phi) is 4.54. The second kappa shape index (κ2) is 6.36. The SMILES string of the molecule is CCCNC(c1csnn1)c1nccnc1OC. The minimum absolute atomic E-state index is 0.132. The van der Waals surface area contributed by atoms with E-state index in [2.05, 4.69) is 31.8 Å². The van der Waals surface area contributed by atoms with Crippen LogP contribution in [0.1, 0.15) is 30.8 Å². The lowest BCUT2D eigenvalue weighted by Crippen LogP contribution is -2.25. The maximum Gasteiger partial charge on any atom is 0.237 e. The second-order valence-corrected chi connectivity index (χ2v) is 4.28. The van der Waals surface area contributed by atoms with Crippen molar-refractivity contribution in [3.8, 4) is 5.88 Å². The van der Waals surface area contributed by atoms with Crippen molar-refractivity contribution in [2.45, 2.75) is 19.4 Å². The minimum Gasteiger partial charge on any atom is -0.480 e. The van der Waals surface area contributed by atoms with Crippen LogP contribution in [0.4, 0.5) is 0 Å². The Hall–Kier alpha value is -1.60. The Balaban J connectivity index is 2.33. The summed E-state index contributed by atoms with van der Waals surface area (Å²) in [6, 6.07) is -0.132. The van der Waals surface area contributed by atoms with Crippen LogP contribution < -0.4 is 10.1 Å². The molecular weight excluding hydrogens is 250 g/mol. The quantitative estimate of drug-likeness (QED) is 0.851. The molecule has 2 heterocycles. The maximum atomic E-state index is 5.25. The zero-order chi connectivity index (χ0) is 12.8. The molecule has 96 valence electrons. The third-order valence-electron chi connectivity index (χ3n) is 2.43. The summed E-state index contributed by atoms with van der Waals surface area (Å²) < 4.78 is 9.14. The van der Waals surface area contributed by atoms with Crippen LogP contribution in [0.5, 0.6) is 5.88 Å². The van der Waals surface area contributed by atoms with Gasteiger partial charge >= 0.3 is 0 Å². The highest BCUT2D eigenvalue weighted by atomic mass is 32.1. The van der Waals surface area contributed by atoms with E-state index in [9.17, 15) is 0 Å². The molecule has 0 fully saturated rings. The van der Waals surface area contributed by atoms with E-state index in [1.807, 2.05) is 5.38 Å². The monoisotopic (exact) mass is 265 g/mol. The van der Waals surface area contributed by atoms with Crippen molar-refractivity contribution in [1.29, 1.82) is 0 Å². The van der Waals surface area contributed by atoms with Crippen molar-refractivity contribution in [2.75, 3.05) is 13.7 Å². The highest BCUT2D eigenvalue weighted by molar-refractivity contribution is 7.03. The van der Waals surface area contributed by atoms with E-state index in [4.69, 9.17) is 4.74 Å². The van der Waals surface area contributed by atoms with E-state index >= 15 is 0 Å². The minimum atomic E-state index is -0.132. The van der Waals surface area contributed by atoms with Gasteiger partial charge in [0.25, 0.3) is 0 Å². The fourth-order valence-corrected chi connectivity index (χ4v) is 2.10. The lowest BCUT2D eigenvalue weighted by atomic mass is 10.1. The van der Waals surface area contributed by atoms with Gasteiger partial charge in [0.2, 0.25) is 5.88 Å². The molecule has 0 saturated heterocycles. The summed E-state index contributed by atoms with van der Waals surface area (Å²) in [6.07, 6.45) is 4.29. The van der Waals surface area contributed by atoms with Crippen LogP contribution in [0.3, 0.4) is 0 Å². The molecule has 18 heavy (non-hydrogen) atoms. The molecule has 0 aromatic carbocycles. The van der Waals surface area contributed by atoms with Gasteiger partial charge in [-0.25, -0.2) is 4.98 Å². The fraction of sp³-hybridized carbons (Fsp3) is 0.455. The van der Waals surface area contributed by atoms with Gasteiger partial charge in [-0.3, -0.25) is 4.98 Å². The van der Waals surface area contributed by atoms with Gasteiger partial charge in [0.1, 0.15) is 11.7 Å². The van der Waals surface area contributed by atoms with E-state index in [-0.39, 0.29) is 6.04 Å². The molecule has 0 aliphatic rings. The molecule has 0 spiro atoms. The van der Waals surface area contributed by atoms with Crippen molar-refractivity contribution >= 4 is 11.5 Å². The summed E-state index contributed by atoms with van der Waals surface area (Å²) in [5.74, 6) is 0.513. The van der Waals surface area contributed by atoms with E-state index in [0.29, 0.717) is 5.88 Å². The molecule has 0 amide bonds. The molecule has 0 saturated carbocycles. The van der Waals surface area contributed by atoms with Crippen molar-refractivity contribution in [2.24, 2.45) is 0 Å². The molecule has 2 rings (SSSR count). The number of nitrogens with zero attached hydrogens (tertiary/aromatic N) is 4. The molecule has 1 N–H and O–H groups in total. The zero-order valence-corrected chi connectivity index (χ0v) is 11.1. The first-order valence-electron chi connectivity index (χ1n) is 5.72. The zero-order valence-electron chi connectivity index (χ0n) is 10.3. The normalized spacial score (nSPS) is 12.3. The highest BCUT2D eigenvalue weighted by Crippen LogP contribution is 2.25. The molecule has 0 bridgehead atoms. The van der Waals surface area contributed by atoms with Crippen molar-refractivity contribution < 1.29 is 4.74 Å². The van der Waals surface area contributed by atoms with E-state index in [0.717, 1.165) is 24.4 Å². The Morgan fingerprint density at radius 2 is 2.22 bits per heavy atom. The second-order valence-electron chi connectivity index (χ2n) is 3.67. The van der Waals surface area contributed by atoms with Crippen LogP contribution in [0.15, 0.2) is 17.8 Å². The summed E-state index contributed by atoms with van der Waals surface area (Å²) in [5, 5.41) is 9.39. The molecule has 7 heteroatoms. The van der Waals surface area contributed by atoms with Gasteiger partial charge in [-0.2, -0.15) is 0 Å². The molecule has 0 aliphatic carbocycles. The number of hydrogen-bond acceptors (Lipinski definition) is 7. The molecule has 0 radical (unpaired) electrons. The van der Waals surface area contributed by atoms with Gasteiger partial charge < -0.3 is 10.1 Å². The molecule has 2 aromatic heterocycles. The maximum absolute atomic E-state index is 5.25. The van der Waals surface area contributed by atoms with Gasteiger partial charge in [-0.05, 0) is 24.5 Å². The standard InChI is InChI=1S/C11H15N5OS/c1-3-4-12-9(8-7-18-16-15-8)10-11(17-2)14-6-5-13-10/h5-7,9,12H,3-4H2,1-2H3. The molecule has 2 aromatic rings. The van der Waals surface area contributed by atoms with Crippen molar-refractivity contribution in [3.63, 3.8) is 0 Å². The first-order chi connectivity index (χ1) is 8.86. The number of aromatic nitrogens is 4. The topological polar surface area (TPSA) is 72.8 Å². The van der Waals surface area contributed by atoms with E-state index in [1.165, 1.54) is 11.5 Å². The van der Waals surface area contributed by atoms with E-state index in [1.54, 1.807) is 19.5 Å². The van der Waals surface area contributed by atoms with Crippen LogP contribution in [0.2, 0.25) is 0 Å². The van der Waals surface area contributed by atoms with Crippen LogP contribution in [0.25, 0.3) is 0 Å². The Labute approximate surface area is 110 Å². The van der Waals surface area contributed by atoms with Crippen molar-refractivity contribution in [1.82, 2.24) is 24.9 Å². The fourth-order valence-electron chi connectivity index (χ4n) is 1.62. The Bertz CT molecular complexity index is 476. The third kappa shape index (κ3) is 2.80. The summed E-state index contributed by atoms with van der Waals surface area (Å²) in [4.78, 5) is 8.51. The predicted molar refractivity (Wildman–Crippen MR) is 68.6 cm³/mol. The average Bonchev–Trinajstić information content (AvgIpc) is 2.94. The van der Waals surface area contributed by atoms with Crippen molar-refractivity contribution in [3.05, 3.63) is 29.2 Å².